The predicted molar refractivity (Wildman–Crippen MR) is 164 cm³/mol. The zero-order chi connectivity index (χ0) is 25.6. The minimum Gasteiger partial charge on any atom is -0.411 e. The van der Waals surface area contributed by atoms with Gasteiger partial charge >= 0.3 is 19.5 Å². The summed E-state index contributed by atoms with van der Waals surface area (Å²) >= 11 is 20.6. The molecule has 0 atom stereocenters. The first-order valence-corrected chi connectivity index (χ1v) is 13.2. The van der Waals surface area contributed by atoms with Crippen molar-refractivity contribution in [2.45, 2.75) is 26.2 Å². The molecule has 4 rings (SSSR count). The SMILES string of the molecule is S=C([S-])N(Cc1ccccc1)Cc1ccccc1.S=C([S-])N(Cc1ccccc1)Cc1ccccc1.[Zn+2]. The van der Waals surface area contributed by atoms with Crippen molar-refractivity contribution >= 4 is 58.3 Å². The molecule has 0 radical (unpaired) electrons. The molecule has 0 amide bonds. The average molecular weight is 610 g/mol. The van der Waals surface area contributed by atoms with Crippen molar-refractivity contribution in [3.05, 3.63) is 144 Å². The molecule has 2 nitrogen and oxygen atoms in total. The van der Waals surface area contributed by atoms with Gasteiger partial charge in [-0.15, -0.1) is 0 Å². The Morgan fingerprint density at radius 2 is 0.622 bits per heavy atom. The van der Waals surface area contributed by atoms with E-state index < -0.39 is 0 Å². The Hall–Kier alpha value is -2.28. The third kappa shape index (κ3) is 11.8. The van der Waals surface area contributed by atoms with Gasteiger partial charge in [-0.2, -0.15) is 0 Å². The Morgan fingerprint density at radius 3 is 0.784 bits per heavy atom. The third-order valence-electron chi connectivity index (χ3n) is 5.38. The first-order chi connectivity index (χ1) is 17.5. The Labute approximate surface area is 255 Å². The zero-order valence-corrected chi connectivity index (χ0v) is 26.8. The molecule has 4 aromatic rings. The van der Waals surface area contributed by atoms with Crippen molar-refractivity contribution in [3.63, 3.8) is 0 Å². The molecular weight excluding hydrogens is 582 g/mol. The molecule has 0 saturated carbocycles. The van der Waals surface area contributed by atoms with Gasteiger partial charge in [-0.3, -0.25) is 0 Å². The maximum Gasteiger partial charge on any atom is 2.00 e. The van der Waals surface area contributed by atoms with Gasteiger partial charge in [0.2, 0.25) is 0 Å². The van der Waals surface area contributed by atoms with Gasteiger partial charge in [0.1, 0.15) is 0 Å². The summed E-state index contributed by atoms with van der Waals surface area (Å²) in [7, 11) is 0. The quantitative estimate of drug-likeness (QED) is 0.119. The number of hydrogen-bond donors (Lipinski definition) is 0. The van der Waals surface area contributed by atoms with Gasteiger partial charge in [-0.25, -0.2) is 0 Å². The fraction of sp³-hybridized carbons (Fsp3) is 0.133. The molecule has 0 unspecified atom stereocenters. The van der Waals surface area contributed by atoms with Gasteiger partial charge in [0.05, 0.1) is 0 Å². The van der Waals surface area contributed by atoms with Crippen LogP contribution in [0.2, 0.25) is 0 Å². The van der Waals surface area contributed by atoms with Crippen molar-refractivity contribution in [3.8, 4) is 0 Å². The summed E-state index contributed by atoms with van der Waals surface area (Å²) in [4.78, 5) is 4.07. The molecule has 0 spiro atoms. The first kappa shape index (κ1) is 30.9. The molecule has 7 heteroatoms. The van der Waals surface area contributed by atoms with Crippen LogP contribution in [0.4, 0.5) is 0 Å². The van der Waals surface area contributed by atoms with E-state index in [2.05, 4.69) is 48.5 Å². The van der Waals surface area contributed by atoms with Gasteiger partial charge < -0.3 is 59.5 Å². The fourth-order valence-electron chi connectivity index (χ4n) is 3.59. The second-order valence-corrected chi connectivity index (χ2v) is 10.2. The summed E-state index contributed by atoms with van der Waals surface area (Å²) in [6, 6.07) is 41.0. The number of rotatable bonds is 8. The molecule has 0 heterocycles. The molecule has 4 aromatic carbocycles. The normalized spacial score (nSPS) is 9.73. The summed E-state index contributed by atoms with van der Waals surface area (Å²) in [5, 5.41) is 0. The van der Waals surface area contributed by atoms with Crippen LogP contribution in [-0.2, 0) is 70.9 Å². The average Bonchev–Trinajstić information content (AvgIpc) is 2.91. The number of hydrogen-bond acceptors (Lipinski definition) is 4. The van der Waals surface area contributed by atoms with Crippen molar-refractivity contribution in [1.29, 1.82) is 0 Å². The molecule has 0 saturated heterocycles. The summed E-state index contributed by atoms with van der Waals surface area (Å²) < 4.78 is 1.03. The van der Waals surface area contributed by atoms with Crippen molar-refractivity contribution in [1.82, 2.24) is 9.80 Å². The van der Waals surface area contributed by atoms with Crippen LogP contribution in [0.3, 0.4) is 0 Å². The van der Waals surface area contributed by atoms with Crippen LogP contribution in [0.1, 0.15) is 22.3 Å². The van der Waals surface area contributed by atoms with E-state index in [1.54, 1.807) is 0 Å². The van der Waals surface area contributed by atoms with Crippen LogP contribution in [0, 0.1) is 0 Å². The van der Waals surface area contributed by atoms with E-state index in [1.807, 2.05) is 82.6 Å². The van der Waals surface area contributed by atoms with Crippen LogP contribution in [0.5, 0.6) is 0 Å². The molecule has 37 heavy (non-hydrogen) atoms. The van der Waals surface area contributed by atoms with Gasteiger partial charge in [0.25, 0.3) is 0 Å². The Kier molecular flexibility index (Phi) is 14.4. The molecule has 0 aromatic heterocycles. The van der Waals surface area contributed by atoms with Gasteiger partial charge in [-0.05, 0) is 22.3 Å². The minimum absolute atomic E-state index is 0. The molecular formula is C30H28N2S4Zn. The van der Waals surface area contributed by atoms with Crippen LogP contribution in [0.15, 0.2) is 121 Å². The van der Waals surface area contributed by atoms with Gasteiger partial charge in [0.15, 0.2) is 0 Å². The van der Waals surface area contributed by atoms with E-state index in [0.717, 1.165) is 26.2 Å². The Balaban J connectivity index is 0.000000253. The number of thiocarbonyl (C=S) groups is 2. The van der Waals surface area contributed by atoms with Crippen LogP contribution in [0.25, 0.3) is 0 Å². The smallest absolute Gasteiger partial charge is 0.411 e. The summed E-state index contributed by atoms with van der Waals surface area (Å²) in [5.41, 5.74) is 4.89. The van der Waals surface area contributed by atoms with Crippen LogP contribution < -0.4 is 0 Å². The third-order valence-corrected chi connectivity index (χ3v) is 6.41. The molecule has 0 fully saturated rings. The molecule has 0 bridgehead atoms. The predicted octanol–water partition coefficient (Wildman–Crippen LogP) is 7.04. The first-order valence-electron chi connectivity index (χ1n) is 11.6. The summed E-state index contributed by atoms with van der Waals surface area (Å²) in [6.45, 7) is 3.05. The molecule has 0 aliphatic carbocycles. The minimum atomic E-state index is 0. The van der Waals surface area contributed by atoms with Crippen molar-refractivity contribution < 1.29 is 19.5 Å². The van der Waals surface area contributed by atoms with Crippen LogP contribution >= 0.6 is 24.4 Å². The van der Waals surface area contributed by atoms with E-state index in [1.165, 1.54) is 22.3 Å². The fourth-order valence-corrected chi connectivity index (χ4v) is 4.10. The van der Waals surface area contributed by atoms with E-state index in [4.69, 9.17) is 49.7 Å². The van der Waals surface area contributed by atoms with E-state index >= 15 is 0 Å². The van der Waals surface area contributed by atoms with Crippen molar-refractivity contribution in [2.75, 3.05) is 0 Å². The van der Waals surface area contributed by atoms with Crippen molar-refractivity contribution in [2.24, 2.45) is 0 Å². The maximum absolute atomic E-state index is 5.16. The zero-order valence-electron chi connectivity index (χ0n) is 20.6. The van der Waals surface area contributed by atoms with E-state index in [9.17, 15) is 0 Å². The number of nitrogens with zero attached hydrogens (tertiary/aromatic N) is 2. The second-order valence-electron chi connectivity index (χ2n) is 8.19. The Morgan fingerprint density at radius 1 is 0.432 bits per heavy atom. The largest absolute Gasteiger partial charge is 2.00 e. The second kappa shape index (κ2) is 17.3. The standard InChI is InChI=1S/2C15H15NS2.Zn/c2*17-15(18)16(11-13-7-3-1-4-8-13)12-14-9-5-2-6-10-14;/h2*1-10H,11-12H2,(H,17,18);/q;;+2/p-2. The van der Waals surface area contributed by atoms with E-state index in [0.29, 0.717) is 8.64 Å². The maximum atomic E-state index is 5.16. The Bertz CT molecular complexity index is 1010. The monoisotopic (exact) mass is 608 g/mol. The van der Waals surface area contributed by atoms with E-state index in [-0.39, 0.29) is 19.5 Å². The summed E-state index contributed by atoms with van der Waals surface area (Å²) in [6.07, 6.45) is 0. The summed E-state index contributed by atoms with van der Waals surface area (Å²) in [5.74, 6) is 0. The van der Waals surface area contributed by atoms with Crippen LogP contribution in [-0.4, -0.2) is 18.4 Å². The molecule has 184 valence electrons. The number of benzene rings is 4. The molecule has 0 N–H and O–H groups in total. The molecule has 0 aliphatic heterocycles. The topological polar surface area (TPSA) is 6.48 Å². The molecule has 0 aliphatic rings. The van der Waals surface area contributed by atoms with Gasteiger partial charge in [0, 0.05) is 26.2 Å². The van der Waals surface area contributed by atoms with Gasteiger partial charge in [-0.1, -0.05) is 130 Å².